The number of aromatic nitrogens is 1. The lowest BCUT2D eigenvalue weighted by Gasteiger charge is -2.33. The van der Waals surface area contributed by atoms with Crippen LogP contribution in [-0.2, 0) is 11.3 Å². The Hall–Kier alpha value is -0.690. The summed E-state index contributed by atoms with van der Waals surface area (Å²) >= 11 is 1.58. The van der Waals surface area contributed by atoms with Crippen molar-refractivity contribution in [1.82, 2.24) is 15.2 Å². The van der Waals surface area contributed by atoms with Crippen LogP contribution in [0, 0.1) is 5.41 Å². The topological polar surface area (TPSA) is 48.5 Å². The van der Waals surface area contributed by atoms with Crippen LogP contribution in [0.5, 0.6) is 0 Å². The van der Waals surface area contributed by atoms with Crippen LogP contribution in [0.2, 0.25) is 0 Å². The predicted octanol–water partition coefficient (Wildman–Crippen LogP) is 2.51. The fourth-order valence-electron chi connectivity index (χ4n) is 3.74. The van der Waals surface area contributed by atoms with E-state index in [2.05, 4.69) is 20.6 Å². The number of amides is 1. The van der Waals surface area contributed by atoms with E-state index in [9.17, 15) is 4.79 Å². The van der Waals surface area contributed by atoms with Crippen LogP contribution >= 0.6 is 23.7 Å². The van der Waals surface area contributed by atoms with Gasteiger partial charge in [0.2, 0.25) is 5.91 Å². The van der Waals surface area contributed by atoms with Crippen LogP contribution < -0.4 is 10.2 Å². The Kier molecular flexibility index (Phi) is 6.42. The number of likely N-dealkylation sites (tertiary alicyclic amines) is 1. The molecule has 2 fully saturated rings. The molecule has 1 N–H and O–H groups in total. The molecule has 0 atom stereocenters. The first-order valence-corrected chi connectivity index (χ1v) is 9.15. The first kappa shape index (κ1) is 18.6. The van der Waals surface area contributed by atoms with Crippen LogP contribution in [0.15, 0.2) is 5.38 Å². The maximum absolute atomic E-state index is 11.6. The lowest BCUT2D eigenvalue weighted by Crippen LogP contribution is -2.38. The Morgan fingerprint density at radius 2 is 2.17 bits per heavy atom. The molecule has 3 heterocycles. The highest BCUT2D eigenvalue weighted by Gasteiger charge is 2.38. The third-order valence-electron chi connectivity index (χ3n) is 5.03. The van der Waals surface area contributed by atoms with Crippen LogP contribution in [0.1, 0.15) is 38.8 Å². The summed E-state index contributed by atoms with van der Waals surface area (Å²) in [5.74, 6) is 0.0678. The molecule has 0 aliphatic carbocycles. The molecule has 0 bridgehead atoms. The summed E-state index contributed by atoms with van der Waals surface area (Å²) in [6.45, 7) is 9.90. The molecule has 2 saturated heterocycles. The second-order valence-corrected chi connectivity index (χ2v) is 7.43. The molecule has 1 spiro atoms. The molecule has 23 heavy (non-hydrogen) atoms. The van der Waals surface area contributed by atoms with Crippen molar-refractivity contribution in [2.75, 3.05) is 37.6 Å². The van der Waals surface area contributed by atoms with E-state index in [-0.39, 0.29) is 18.3 Å². The number of halogens is 1. The fourth-order valence-corrected chi connectivity index (χ4v) is 4.67. The largest absolute Gasteiger partial charge is 0.317 e. The predicted molar refractivity (Wildman–Crippen MR) is 97.5 cm³/mol. The lowest BCUT2D eigenvalue weighted by molar-refractivity contribution is -0.116. The summed E-state index contributed by atoms with van der Waals surface area (Å²) in [5.41, 5.74) is 1.64. The van der Waals surface area contributed by atoms with Gasteiger partial charge in [-0.2, -0.15) is 0 Å². The van der Waals surface area contributed by atoms with Gasteiger partial charge in [-0.1, -0.05) is 0 Å². The van der Waals surface area contributed by atoms with Gasteiger partial charge < -0.3 is 5.32 Å². The summed E-state index contributed by atoms with van der Waals surface area (Å²) in [7, 11) is 0. The molecular weight excluding hydrogens is 332 g/mol. The van der Waals surface area contributed by atoms with Gasteiger partial charge in [-0.25, -0.2) is 4.98 Å². The van der Waals surface area contributed by atoms with E-state index in [0.717, 1.165) is 17.4 Å². The molecule has 2 aliphatic heterocycles. The maximum Gasteiger partial charge on any atom is 0.225 e. The van der Waals surface area contributed by atoms with Crippen molar-refractivity contribution in [2.45, 2.75) is 39.7 Å². The van der Waals surface area contributed by atoms with Crippen LogP contribution in [0.4, 0.5) is 5.13 Å². The third kappa shape index (κ3) is 4.24. The van der Waals surface area contributed by atoms with Gasteiger partial charge >= 0.3 is 0 Å². The number of piperidine rings is 1. The molecule has 1 amide bonds. The van der Waals surface area contributed by atoms with Gasteiger partial charge in [0.1, 0.15) is 0 Å². The molecule has 0 saturated carbocycles. The number of thiazole rings is 1. The van der Waals surface area contributed by atoms with Crippen molar-refractivity contribution < 1.29 is 4.79 Å². The zero-order chi connectivity index (χ0) is 15.6. The lowest BCUT2D eigenvalue weighted by atomic mass is 9.78. The molecular formula is C16H27ClN4OS. The Bertz CT molecular complexity index is 530. The van der Waals surface area contributed by atoms with Crippen LogP contribution in [0.25, 0.3) is 0 Å². The van der Waals surface area contributed by atoms with E-state index in [1.807, 2.05) is 6.92 Å². The van der Waals surface area contributed by atoms with Gasteiger partial charge in [0.05, 0.1) is 5.69 Å². The molecule has 1 aromatic heterocycles. The minimum Gasteiger partial charge on any atom is -0.317 e. The molecule has 3 rings (SSSR count). The average Bonchev–Trinajstić information content (AvgIpc) is 3.09. The van der Waals surface area contributed by atoms with Gasteiger partial charge in [-0.15, -0.1) is 23.7 Å². The van der Waals surface area contributed by atoms with Crippen molar-refractivity contribution in [1.29, 1.82) is 0 Å². The van der Waals surface area contributed by atoms with E-state index in [1.54, 1.807) is 23.2 Å². The fraction of sp³-hybridized carbons (Fsp3) is 0.750. The second kappa shape index (κ2) is 7.92. The van der Waals surface area contributed by atoms with E-state index < -0.39 is 0 Å². The van der Waals surface area contributed by atoms with Gasteiger partial charge in [-0.05, 0) is 51.2 Å². The standard InChI is InChI=1S/C16H26N4OS.ClH/c1-3-20(13(2)21)15-18-14(11-22-15)10-19-9-6-16(12-19)4-7-17-8-5-16;/h11,17H,3-10,12H2,1-2H3;1H. The summed E-state index contributed by atoms with van der Waals surface area (Å²) in [4.78, 5) is 20.6. The SMILES string of the molecule is CCN(C(C)=O)c1nc(CN2CCC3(CCNCC3)C2)cs1.Cl. The van der Waals surface area contributed by atoms with Crippen molar-refractivity contribution in [3.05, 3.63) is 11.1 Å². The van der Waals surface area contributed by atoms with Crippen LogP contribution in [0.3, 0.4) is 0 Å². The summed E-state index contributed by atoms with van der Waals surface area (Å²) in [6, 6.07) is 0. The number of carbonyl (C=O) groups excluding carboxylic acids is 1. The summed E-state index contributed by atoms with van der Waals surface area (Å²) < 4.78 is 0. The summed E-state index contributed by atoms with van der Waals surface area (Å²) in [6.07, 6.45) is 3.93. The molecule has 130 valence electrons. The van der Waals surface area contributed by atoms with Crippen molar-refractivity contribution in [3.8, 4) is 0 Å². The molecule has 1 aromatic rings. The first-order chi connectivity index (χ1) is 10.6. The monoisotopic (exact) mass is 358 g/mol. The highest BCUT2D eigenvalue weighted by molar-refractivity contribution is 7.14. The quantitative estimate of drug-likeness (QED) is 0.898. The number of rotatable bonds is 4. The highest BCUT2D eigenvalue weighted by atomic mass is 35.5. The normalized spacial score (nSPS) is 20.4. The first-order valence-electron chi connectivity index (χ1n) is 8.27. The number of anilines is 1. The number of hydrogen-bond donors (Lipinski definition) is 1. The average molecular weight is 359 g/mol. The van der Waals surface area contributed by atoms with Crippen molar-refractivity contribution in [2.24, 2.45) is 5.41 Å². The molecule has 0 unspecified atom stereocenters. The number of nitrogens with one attached hydrogen (secondary N) is 1. The maximum atomic E-state index is 11.6. The smallest absolute Gasteiger partial charge is 0.225 e. The minimum atomic E-state index is 0. The number of carbonyl (C=O) groups is 1. The van der Waals surface area contributed by atoms with Gasteiger partial charge in [0.25, 0.3) is 0 Å². The molecule has 0 radical (unpaired) electrons. The van der Waals surface area contributed by atoms with E-state index in [0.29, 0.717) is 12.0 Å². The number of nitrogens with zero attached hydrogens (tertiary/aromatic N) is 3. The van der Waals surface area contributed by atoms with Crippen molar-refractivity contribution in [3.63, 3.8) is 0 Å². The molecule has 0 aromatic carbocycles. The highest BCUT2D eigenvalue weighted by Crippen LogP contribution is 2.39. The van der Waals surface area contributed by atoms with Gasteiger partial charge in [-0.3, -0.25) is 14.6 Å². The van der Waals surface area contributed by atoms with Gasteiger partial charge in [0, 0.05) is 31.9 Å². The second-order valence-electron chi connectivity index (χ2n) is 6.60. The number of hydrogen-bond acceptors (Lipinski definition) is 5. The zero-order valence-corrected chi connectivity index (χ0v) is 15.6. The summed E-state index contributed by atoms with van der Waals surface area (Å²) in [5, 5.41) is 6.41. The Morgan fingerprint density at radius 1 is 1.43 bits per heavy atom. The zero-order valence-electron chi connectivity index (χ0n) is 14.0. The van der Waals surface area contributed by atoms with E-state index in [1.165, 1.54) is 45.4 Å². The Labute approximate surface area is 148 Å². The molecule has 5 nitrogen and oxygen atoms in total. The third-order valence-corrected chi connectivity index (χ3v) is 5.95. The Morgan fingerprint density at radius 3 is 2.83 bits per heavy atom. The van der Waals surface area contributed by atoms with E-state index in [4.69, 9.17) is 0 Å². The minimum absolute atomic E-state index is 0. The molecule has 2 aliphatic rings. The van der Waals surface area contributed by atoms with E-state index >= 15 is 0 Å². The van der Waals surface area contributed by atoms with Crippen LogP contribution in [-0.4, -0.2) is 48.5 Å². The van der Waals surface area contributed by atoms with Gasteiger partial charge in [0.15, 0.2) is 5.13 Å². The Balaban J connectivity index is 0.00000192. The molecule has 7 heteroatoms. The van der Waals surface area contributed by atoms with Crippen molar-refractivity contribution >= 4 is 34.8 Å².